The molecule has 1 saturated heterocycles. The molecule has 3 aromatic carbocycles. The first-order valence-electron chi connectivity index (χ1n) is 12.7. The highest BCUT2D eigenvalue weighted by Crippen LogP contribution is 2.24. The molecule has 1 aliphatic rings. The van der Waals surface area contributed by atoms with Crippen molar-refractivity contribution in [1.29, 1.82) is 0 Å². The number of pyridine rings is 1. The Kier molecular flexibility index (Phi) is 7.76. The van der Waals surface area contributed by atoms with Crippen LogP contribution in [-0.2, 0) is 16.6 Å². The van der Waals surface area contributed by atoms with Crippen molar-refractivity contribution in [3.63, 3.8) is 0 Å². The lowest BCUT2D eigenvalue weighted by Gasteiger charge is -2.23. The van der Waals surface area contributed by atoms with E-state index in [2.05, 4.69) is 9.71 Å². The van der Waals surface area contributed by atoms with Gasteiger partial charge in [0.1, 0.15) is 10.7 Å². The van der Waals surface area contributed by atoms with E-state index in [4.69, 9.17) is 0 Å². The van der Waals surface area contributed by atoms with Crippen LogP contribution in [0.2, 0.25) is 0 Å². The molecule has 1 aromatic heterocycles. The first-order valence-corrected chi connectivity index (χ1v) is 14.2. The molecular formula is C29H27FN4O5S. The van der Waals surface area contributed by atoms with Gasteiger partial charge in [0.15, 0.2) is 0 Å². The van der Waals surface area contributed by atoms with E-state index >= 15 is 0 Å². The average molecular weight is 563 g/mol. The Morgan fingerprint density at radius 3 is 2.27 bits per heavy atom. The Labute approximate surface area is 230 Å². The summed E-state index contributed by atoms with van der Waals surface area (Å²) in [4.78, 5) is 33.5. The van der Waals surface area contributed by atoms with Crippen molar-refractivity contribution < 1.29 is 27.5 Å². The van der Waals surface area contributed by atoms with Crippen LogP contribution < -0.4 is 4.72 Å². The Balaban J connectivity index is 1.25. The molecule has 0 atom stereocenters. The zero-order valence-electron chi connectivity index (χ0n) is 21.5. The normalized spacial score (nSPS) is 14.2. The number of benzene rings is 3. The molecule has 0 radical (unpaired) electrons. The first kappa shape index (κ1) is 27.2. The summed E-state index contributed by atoms with van der Waals surface area (Å²) in [6, 6.07) is 18.9. The van der Waals surface area contributed by atoms with Crippen molar-refractivity contribution in [2.75, 3.05) is 30.9 Å². The van der Waals surface area contributed by atoms with Crippen molar-refractivity contribution in [2.24, 2.45) is 0 Å². The summed E-state index contributed by atoms with van der Waals surface area (Å²) in [5.41, 5.74) is 0.975. The second kappa shape index (κ2) is 11.4. The molecule has 0 saturated carbocycles. The van der Waals surface area contributed by atoms with Gasteiger partial charge in [0, 0.05) is 54.6 Å². The van der Waals surface area contributed by atoms with E-state index in [-0.39, 0.29) is 35.0 Å². The van der Waals surface area contributed by atoms with Crippen LogP contribution in [0.1, 0.15) is 32.7 Å². The van der Waals surface area contributed by atoms with Gasteiger partial charge in [-0.15, -0.1) is 0 Å². The number of aliphatic hydroxyl groups is 1. The van der Waals surface area contributed by atoms with E-state index < -0.39 is 28.4 Å². The summed E-state index contributed by atoms with van der Waals surface area (Å²) in [5, 5.41) is 10.0. The Hall–Kier alpha value is -4.35. The number of amides is 2. The number of fused-ring (bicyclic) bond motifs is 1. The van der Waals surface area contributed by atoms with E-state index in [0.29, 0.717) is 41.7 Å². The zero-order chi connectivity index (χ0) is 28.3. The summed E-state index contributed by atoms with van der Waals surface area (Å²) in [5.74, 6) is -1.48. The van der Waals surface area contributed by atoms with Crippen molar-refractivity contribution in [1.82, 2.24) is 14.8 Å². The maximum atomic E-state index is 14.6. The number of halogens is 1. The van der Waals surface area contributed by atoms with Gasteiger partial charge in [-0.2, -0.15) is 0 Å². The fourth-order valence-electron chi connectivity index (χ4n) is 4.73. The molecule has 1 aliphatic heterocycles. The minimum absolute atomic E-state index is 0.0528. The summed E-state index contributed by atoms with van der Waals surface area (Å²) in [6.45, 7) is 0.744. The molecule has 206 valence electrons. The molecule has 0 spiro atoms. The number of carbonyl (C=O) groups excluding carboxylic acids is 2. The van der Waals surface area contributed by atoms with Crippen LogP contribution in [0.5, 0.6) is 0 Å². The number of aliphatic hydroxyl groups excluding tert-OH is 1. The predicted octanol–water partition coefficient (Wildman–Crippen LogP) is 3.66. The predicted molar refractivity (Wildman–Crippen MR) is 148 cm³/mol. The summed E-state index contributed by atoms with van der Waals surface area (Å²) < 4.78 is 43.3. The maximum Gasteiger partial charge on any atom is 0.264 e. The van der Waals surface area contributed by atoms with Gasteiger partial charge in [0.25, 0.3) is 21.8 Å². The molecule has 9 nitrogen and oxygen atoms in total. The van der Waals surface area contributed by atoms with Gasteiger partial charge in [0.2, 0.25) is 0 Å². The van der Waals surface area contributed by atoms with E-state index in [1.54, 1.807) is 41.3 Å². The Bertz CT molecular complexity index is 1670. The molecule has 11 heteroatoms. The summed E-state index contributed by atoms with van der Waals surface area (Å²) >= 11 is 0. The summed E-state index contributed by atoms with van der Waals surface area (Å²) in [7, 11) is -3.93. The van der Waals surface area contributed by atoms with Crippen molar-refractivity contribution >= 4 is 38.4 Å². The molecule has 2 N–H and O–H groups in total. The number of nitrogens with zero attached hydrogens (tertiary/aromatic N) is 3. The second-order valence-electron chi connectivity index (χ2n) is 9.39. The quantitative estimate of drug-likeness (QED) is 0.370. The van der Waals surface area contributed by atoms with E-state index in [0.717, 1.165) is 0 Å². The van der Waals surface area contributed by atoms with E-state index in [9.17, 15) is 27.5 Å². The van der Waals surface area contributed by atoms with E-state index in [1.165, 1.54) is 47.5 Å². The molecular weight excluding hydrogens is 535 g/mol. The van der Waals surface area contributed by atoms with Gasteiger partial charge in [-0.3, -0.25) is 19.3 Å². The molecule has 0 bridgehead atoms. The standard InChI is InChI=1S/C29H27FN4O5S/c30-26-22(19-35)6-1-8-24(26)29(37)34-16-4-15-33(17-18-34)28(36)21-10-12-23(13-11-21)32-40(38,39)25-9-2-5-20-7-3-14-31-27(20)25/h1-3,5-14,32,35H,4,15-19H2. The van der Waals surface area contributed by atoms with Gasteiger partial charge in [-0.05, 0) is 48.9 Å². The first-order chi connectivity index (χ1) is 19.3. The second-order valence-corrected chi connectivity index (χ2v) is 11.0. The number of hydrogen-bond acceptors (Lipinski definition) is 6. The van der Waals surface area contributed by atoms with Crippen molar-refractivity contribution in [3.8, 4) is 0 Å². The monoisotopic (exact) mass is 562 g/mol. The number of hydrogen-bond donors (Lipinski definition) is 2. The number of para-hydroxylation sites is 1. The van der Waals surface area contributed by atoms with Crippen LogP contribution >= 0.6 is 0 Å². The van der Waals surface area contributed by atoms with Crippen LogP contribution in [0, 0.1) is 5.82 Å². The lowest BCUT2D eigenvalue weighted by atomic mass is 10.1. The maximum absolute atomic E-state index is 14.6. The molecule has 0 aliphatic carbocycles. The van der Waals surface area contributed by atoms with Gasteiger partial charge >= 0.3 is 0 Å². The summed E-state index contributed by atoms with van der Waals surface area (Å²) in [6.07, 6.45) is 2.04. The highest BCUT2D eigenvalue weighted by Gasteiger charge is 2.26. The average Bonchev–Trinajstić information content (AvgIpc) is 3.23. The highest BCUT2D eigenvalue weighted by molar-refractivity contribution is 7.93. The third kappa shape index (κ3) is 5.51. The third-order valence-corrected chi connectivity index (χ3v) is 8.23. The van der Waals surface area contributed by atoms with Crippen LogP contribution in [-0.4, -0.2) is 66.3 Å². The molecule has 1 fully saturated rings. The highest BCUT2D eigenvalue weighted by atomic mass is 32.2. The largest absolute Gasteiger partial charge is 0.392 e. The van der Waals surface area contributed by atoms with Crippen LogP contribution in [0.4, 0.5) is 10.1 Å². The van der Waals surface area contributed by atoms with Crippen molar-refractivity contribution in [3.05, 3.63) is 102 Å². The number of anilines is 1. The smallest absolute Gasteiger partial charge is 0.264 e. The number of rotatable bonds is 6. The van der Waals surface area contributed by atoms with Crippen molar-refractivity contribution in [2.45, 2.75) is 17.9 Å². The number of nitrogens with one attached hydrogen (secondary N) is 1. The minimum atomic E-state index is -3.93. The Morgan fingerprint density at radius 1 is 0.875 bits per heavy atom. The number of aromatic nitrogens is 1. The lowest BCUT2D eigenvalue weighted by molar-refractivity contribution is 0.0716. The molecule has 2 heterocycles. The van der Waals surface area contributed by atoms with E-state index in [1.807, 2.05) is 0 Å². The van der Waals surface area contributed by atoms with Crippen LogP contribution in [0.15, 0.2) is 83.9 Å². The third-order valence-electron chi connectivity index (χ3n) is 6.82. The Morgan fingerprint density at radius 2 is 1.55 bits per heavy atom. The molecule has 4 aromatic rings. The fourth-order valence-corrected chi connectivity index (χ4v) is 5.97. The SMILES string of the molecule is O=C(c1ccc(NS(=O)(=O)c2cccc3cccnc23)cc1)N1CCCN(C(=O)c2cccc(CO)c2F)CC1. The van der Waals surface area contributed by atoms with Gasteiger partial charge < -0.3 is 14.9 Å². The molecule has 40 heavy (non-hydrogen) atoms. The lowest BCUT2D eigenvalue weighted by Crippen LogP contribution is -2.37. The fraction of sp³-hybridized carbons (Fsp3) is 0.207. The number of carbonyl (C=O) groups is 2. The van der Waals surface area contributed by atoms with Gasteiger partial charge in [-0.25, -0.2) is 12.8 Å². The minimum Gasteiger partial charge on any atom is -0.392 e. The van der Waals surface area contributed by atoms with Gasteiger partial charge in [0.05, 0.1) is 17.7 Å². The van der Waals surface area contributed by atoms with Gasteiger partial charge in [-0.1, -0.05) is 30.3 Å². The zero-order valence-corrected chi connectivity index (χ0v) is 22.3. The molecule has 5 rings (SSSR count). The molecule has 2 amide bonds. The van der Waals surface area contributed by atoms with Crippen LogP contribution in [0.25, 0.3) is 10.9 Å². The van der Waals surface area contributed by atoms with Crippen LogP contribution in [0.3, 0.4) is 0 Å². The number of sulfonamides is 1. The topological polar surface area (TPSA) is 120 Å². The molecule has 0 unspecified atom stereocenters.